The van der Waals surface area contributed by atoms with E-state index in [4.69, 9.17) is 0 Å². The minimum absolute atomic E-state index is 0. The maximum absolute atomic E-state index is 13.7. The highest BCUT2D eigenvalue weighted by Gasteiger charge is 2.32. The largest absolute Gasteiger partial charge is 0.347 e. The highest BCUT2D eigenvalue weighted by molar-refractivity contribution is 6.11. The molecule has 2 heterocycles. The lowest BCUT2D eigenvalue weighted by atomic mass is 9.85. The monoisotopic (exact) mass is 347 g/mol. The second-order valence-electron chi connectivity index (χ2n) is 6.27. The summed E-state index contributed by atoms with van der Waals surface area (Å²) in [5.41, 5.74) is 2.65. The number of benzene rings is 1. The molecule has 1 aliphatic rings. The Morgan fingerprint density at radius 2 is 2.17 bits per heavy atom. The number of hydrogen-bond donors (Lipinski definition) is 0. The molecule has 1 aliphatic carbocycles. The van der Waals surface area contributed by atoms with Gasteiger partial charge in [0, 0.05) is 54.1 Å². The van der Waals surface area contributed by atoms with E-state index in [1.54, 1.807) is 12.3 Å². The van der Waals surface area contributed by atoms with E-state index in [2.05, 4.69) is 4.98 Å². The van der Waals surface area contributed by atoms with Crippen LogP contribution in [-0.2, 0) is 20.0 Å². The van der Waals surface area contributed by atoms with E-state index in [0.717, 1.165) is 35.3 Å². The zero-order valence-corrected chi connectivity index (χ0v) is 14.4. The number of rotatable bonds is 2. The molecule has 0 aliphatic heterocycles. The van der Waals surface area contributed by atoms with Crippen molar-refractivity contribution >= 4 is 29.1 Å². The molecule has 3 aromatic rings. The lowest BCUT2D eigenvalue weighted by Crippen LogP contribution is -2.27. The number of fused-ring (bicyclic) bond motifs is 3. The molecule has 1 unspecified atom stereocenters. The SMILES string of the molecule is Cc1nccn1CC1CCc2c(c3cc(F)ccc3n2C)C1=O.Cl. The average molecular weight is 348 g/mol. The molecule has 0 N–H and O–H groups in total. The van der Waals surface area contributed by atoms with Gasteiger partial charge in [0.15, 0.2) is 5.78 Å². The van der Waals surface area contributed by atoms with Crippen LogP contribution < -0.4 is 0 Å². The Morgan fingerprint density at radius 1 is 1.38 bits per heavy atom. The maximum atomic E-state index is 13.7. The van der Waals surface area contributed by atoms with E-state index in [-0.39, 0.29) is 29.9 Å². The molecule has 0 fully saturated rings. The quantitative estimate of drug-likeness (QED) is 0.709. The summed E-state index contributed by atoms with van der Waals surface area (Å²) in [6, 6.07) is 4.69. The molecule has 6 heteroatoms. The number of aryl methyl sites for hydroxylation is 2. The van der Waals surface area contributed by atoms with Gasteiger partial charge >= 0.3 is 0 Å². The van der Waals surface area contributed by atoms with Crippen LogP contribution in [0.4, 0.5) is 4.39 Å². The number of nitrogens with zero attached hydrogens (tertiary/aromatic N) is 3. The molecule has 4 nitrogen and oxygen atoms in total. The Labute approximate surface area is 145 Å². The Kier molecular flexibility index (Phi) is 4.22. The fourth-order valence-corrected chi connectivity index (χ4v) is 3.69. The van der Waals surface area contributed by atoms with E-state index < -0.39 is 0 Å². The first kappa shape index (κ1) is 16.7. The lowest BCUT2D eigenvalue weighted by molar-refractivity contribution is 0.0888. The first-order valence-electron chi connectivity index (χ1n) is 7.85. The van der Waals surface area contributed by atoms with Gasteiger partial charge in [-0.05, 0) is 38.0 Å². The number of ketones is 1. The minimum Gasteiger partial charge on any atom is -0.347 e. The number of imidazole rings is 1. The molecule has 0 saturated carbocycles. The minimum atomic E-state index is -0.300. The van der Waals surface area contributed by atoms with Gasteiger partial charge < -0.3 is 9.13 Å². The summed E-state index contributed by atoms with van der Waals surface area (Å²) in [6.07, 6.45) is 5.31. The third kappa shape index (κ3) is 2.44. The van der Waals surface area contributed by atoms with Gasteiger partial charge in [0.2, 0.25) is 0 Å². The molecule has 0 bridgehead atoms. The molecular weight excluding hydrogens is 329 g/mol. The summed E-state index contributed by atoms with van der Waals surface area (Å²) >= 11 is 0. The van der Waals surface area contributed by atoms with Gasteiger partial charge in [-0.1, -0.05) is 0 Å². The van der Waals surface area contributed by atoms with Crippen LogP contribution in [0.3, 0.4) is 0 Å². The molecular formula is C18H19ClFN3O. The Bertz CT molecular complexity index is 928. The molecule has 0 radical (unpaired) electrons. The molecule has 2 aromatic heterocycles. The zero-order chi connectivity index (χ0) is 16.1. The Hall–Kier alpha value is -2.14. The second kappa shape index (κ2) is 6.06. The molecule has 0 spiro atoms. The highest BCUT2D eigenvalue weighted by atomic mass is 35.5. The van der Waals surface area contributed by atoms with E-state index in [0.29, 0.717) is 12.1 Å². The van der Waals surface area contributed by atoms with Gasteiger partial charge in [0.1, 0.15) is 11.6 Å². The third-order valence-electron chi connectivity index (χ3n) is 4.97. The van der Waals surface area contributed by atoms with Crippen molar-refractivity contribution in [1.29, 1.82) is 0 Å². The summed E-state index contributed by atoms with van der Waals surface area (Å²) < 4.78 is 17.7. The standard InChI is InChI=1S/C18H18FN3O.ClH/c1-11-20-7-8-22(11)10-12-3-5-16-17(18(12)23)14-9-13(19)4-6-15(14)21(16)2;/h4,6-9,12H,3,5,10H2,1-2H3;1H. The third-order valence-corrected chi connectivity index (χ3v) is 4.97. The van der Waals surface area contributed by atoms with Crippen LogP contribution in [0.1, 0.15) is 28.3 Å². The normalized spacial score (nSPS) is 17.0. The number of hydrogen-bond acceptors (Lipinski definition) is 2. The van der Waals surface area contributed by atoms with E-state index in [1.807, 2.05) is 29.3 Å². The van der Waals surface area contributed by atoms with Gasteiger partial charge in [-0.15, -0.1) is 12.4 Å². The van der Waals surface area contributed by atoms with E-state index >= 15 is 0 Å². The van der Waals surface area contributed by atoms with Crippen molar-refractivity contribution in [3.63, 3.8) is 0 Å². The first-order chi connectivity index (χ1) is 11.1. The van der Waals surface area contributed by atoms with Crippen molar-refractivity contribution in [3.05, 3.63) is 53.5 Å². The summed E-state index contributed by atoms with van der Waals surface area (Å²) in [5.74, 6) is 0.652. The summed E-state index contributed by atoms with van der Waals surface area (Å²) in [6.45, 7) is 2.57. The van der Waals surface area contributed by atoms with E-state index in [9.17, 15) is 9.18 Å². The summed E-state index contributed by atoms with van der Waals surface area (Å²) in [5, 5.41) is 0.736. The van der Waals surface area contributed by atoms with Gasteiger partial charge in [0.05, 0.1) is 0 Å². The van der Waals surface area contributed by atoms with Crippen molar-refractivity contribution in [2.45, 2.75) is 26.3 Å². The summed E-state index contributed by atoms with van der Waals surface area (Å²) in [7, 11) is 1.95. The maximum Gasteiger partial charge on any atom is 0.170 e. The molecule has 126 valence electrons. The molecule has 1 aromatic carbocycles. The lowest BCUT2D eigenvalue weighted by Gasteiger charge is -2.23. The van der Waals surface area contributed by atoms with E-state index in [1.165, 1.54) is 12.1 Å². The van der Waals surface area contributed by atoms with Crippen molar-refractivity contribution in [2.75, 3.05) is 0 Å². The predicted octanol–water partition coefficient (Wildman–Crippen LogP) is 3.69. The topological polar surface area (TPSA) is 39.8 Å². The predicted molar refractivity (Wildman–Crippen MR) is 93.2 cm³/mol. The van der Waals surface area contributed by atoms with Crippen molar-refractivity contribution in [3.8, 4) is 0 Å². The van der Waals surface area contributed by atoms with Crippen molar-refractivity contribution in [2.24, 2.45) is 13.0 Å². The molecule has 4 rings (SSSR count). The Balaban J connectivity index is 0.00000169. The van der Waals surface area contributed by atoms with Crippen LogP contribution in [0.25, 0.3) is 10.9 Å². The fourth-order valence-electron chi connectivity index (χ4n) is 3.69. The van der Waals surface area contributed by atoms with Crippen LogP contribution >= 0.6 is 12.4 Å². The van der Waals surface area contributed by atoms with Gasteiger partial charge in [-0.25, -0.2) is 9.37 Å². The van der Waals surface area contributed by atoms with Crippen LogP contribution in [0, 0.1) is 18.7 Å². The first-order valence-corrected chi connectivity index (χ1v) is 7.85. The van der Waals surface area contributed by atoms with Gasteiger partial charge in [-0.3, -0.25) is 4.79 Å². The van der Waals surface area contributed by atoms with Crippen LogP contribution in [0.2, 0.25) is 0 Å². The number of Topliss-reactive ketones (excluding diaryl/α,β-unsaturated/α-hetero) is 1. The zero-order valence-electron chi connectivity index (χ0n) is 13.6. The highest BCUT2D eigenvalue weighted by Crippen LogP contribution is 2.34. The molecule has 1 atom stereocenters. The number of halogens is 2. The molecule has 0 saturated heterocycles. The summed E-state index contributed by atoms with van der Waals surface area (Å²) in [4.78, 5) is 17.2. The molecule has 24 heavy (non-hydrogen) atoms. The van der Waals surface area contributed by atoms with Crippen molar-refractivity contribution in [1.82, 2.24) is 14.1 Å². The van der Waals surface area contributed by atoms with Gasteiger partial charge in [-0.2, -0.15) is 0 Å². The fraction of sp³-hybridized carbons (Fsp3) is 0.333. The van der Waals surface area contributed by atoms with Crippen molar-refractivity contribution < 1.29 is 9.18 Å². The Morgan fingerprint density at radius 3 is 2.88 bits per heavy atom. The average Bonchev–Trinajstić information content (AvgIpc) is 3.05. The number of carbonyl (C=O) groups excluding carboxylic acids is 1. The molecule has 0 amide bonds. The van der Waals surface area contributed by atoms with Crippen LogP contribution in [-0.4, -0.2) is 19.9 Å². The number of carbonyl (C=O) groups is 1. The van der Waals surface area contributed by atoms with Gasteiger partial charge in [0.25, 0.3) is 0 Å². The number of aromatic nitrogens is 3. The van der Waals surface area contributed by atoms with Crippen LogP contribution in [0.5, 0.6) is 0 Å². The second-order valence-corrected chi connectivity index (χ2v) is 6.27. The smallest absolute Gasteiger partial charge is 0.170 e. The van der Waals surface area contributed by atoms with Crippen LogP contribution in [0.15, 0.2) is 30.6 Å².